The van der Waals surface area contributed by atoms with Gasteiger partial charge in [-0.05, 0) is 42.7 Å². The predicted molar refractivity (Wildman–Crippen MR) is 87.1 cm³/mol. The Morgan fingerprint density at radius 2 is 1.83 bits per heavy atom. The van der Waals surface area contributed by atoms with Crippen molar-refractivity contribution in [2.24, 2.45) is 5.92 Å². The number of hydrogen-bond donors (Lipinski definition) is 3. The molecule has 2 aromatic carbocycles. The van der Waals surface area contributed by atoms with Gasteiger partial charge in [-0.2, -0.15) is 0 Å². The van der Waals surface area contributed by atoms with Gasteiger partial charge in [0, 0.05) is 29.8 Å². The Balaban J connectivity index is 1.57. The molecule has 0 atom stereocenters. The van der Waals surface area contributed by atoms with E-state index in [4.69, 9.17) is 0 Å². The highest BCUT2D eigenvalue weighted by molar-refractivity contribution is 6.04. The average molecular weight is 310 g/mol. The van der Waals surface area contributed by atoms with Gasteiger partial charge in [-0.25, -0.2) is 0 Å². The minimum atomic E-state index is -0.246. The van der Waals surface area contributed by atoms with Crippen molar-refractivity contribution in [2.75, 3.05) is 5.32 Å². The summed E-state index contributed by atoms with van der Waals surface area (Å²) in [6, 6.07) is 13.5. The van der Waals surface area contributed by atoms with Crippen LogP contribution in [0.4, 0.5) is 5.69 Å². The average Bonchev–Trinajstić information content (AvgIpc) is 3.38. The number of carbonyl (C=O) groups excluding carboxylic acids is 2. The summed E-state index contributed by atoms with van der Waals surface area (Å²) in [5.41, 5.74) is 2.01. The van der Waals surface area contributed by atoms with Crippen LogP contribution in [0.3, 0.4) is 0 Å². The number of nitrogens with one attached hydrogen (secondary N) is 2. The van der Waals surface area contributed by atoms with Gasteiger partial charge in [0.05, 0.1) is 0 Å². The molecule has 3 rings (SSSR count). The molecule has 1 fully saturated rings. The van der Waals surface area contributed by atoms with Gasteiger partial charge in [0.15, 0.2) is 0 Å². The van der Waals surface area contributed by atoms with Crippen molar-refractivity contribution >= 4 is 17.5 Å². The largest absolute Gasteiger partial charge is 0.508 e. The highest BCUT2D eigenvalue weighted by Gasteiger charge is 2.29. The summed E-state index contributed by atoms with van der Waals surface area (Å²) in [5, 5.41) is 15.0. The van der Waals surface area contributed by atoms with Crippen LogP contribution >= 0.6 is 0 Å². The molecule has 23 heavy (non-hydrogen) atoms. The standard InChI is InChI=1S/C18H18N2O3/c21-16-3-1-2-15(10-16)20-18(23)14-6-4-12(5-7-14)11-19-17(22)13-8-9-13/h1-7,10,13,21H,8-9,11H2,(H,19,22)(H,20,23). The van der Waals surface area contributed by atoms with E-state index in [2.05, 4.69) is 10.6 Å². The number of phenols is 1. The van der Waals surface area contributed by atoms with Gasteiger partial charge in [-0.3, -0.25) is 9.59 Å². The number of hydrogen-bond acceptors (Lipinski definition) is 3. The van der Waals surface area contributed by atoms with E-state index >= 15 is 0 Å². The molecule has 3 N–H and O–H groups in total. The van der Waals surface area contributed by atoms with Crippen LogP contribution in [0.1, 0.15) is 28.8 Å². The molecule has 0 radical (unpaired) electrons. The van der Waals surface area contributed by atoms with E-state index in [1.165, 1.54) is 6.07 Å². The van der Waals surface area contributed by atoms with E-state index in [-0.39, 0.29) is 23.5 Å². The van der Waals surface area contributed by atoms with Crippen LogP contribution in [0.5, 0.6) is 5.75 Å². The van der Waals surface area contributed by atoms with Crippen molar-refractivity contribution in [3.8, 4) is 5.75 Å². The highest BCUT2D eigenvalue weighted by atomic mass is 16.3. The van der Waals surface area contributed by atoms with E-state index in [9.17, 15) is 14.7 Å². The summed E-state index contributed by atoms with van der Waals surface area (Å²) < 4.78 is 0. The van der Waals surface area contributed by atoms with Crippen LogP contribution in [-0.2, 0) is 11.3 Å². The Labute approximate surface area is 134 Å². The molecule has 1 aliphatic rings. The minimum absolute atomic E-state index is 0.101. The molecule has 2 amide bonds. The van der Waals surface area contributed by atoms with Crippen LogP contribution in [0.25, 0.3) is 0 Å². The number of phenolic OH excluding ortho intramolecular Hbond substituents is 1. The van der Waals surface area contributed by atoms with Gasteiger partial charge in [-0.1, -0.05) is 18.2 Å². The van der Waals surface area contributed by atoms with Crippen LogP contribution in [0.2, 0.25) is 0 Å². The Hall–Kier alpha value is -2.82. The number of benzene rings is 2. The lowest BCUT2D eigenvalue weighted by Gasteiger charge is -2.07. The van der Waals surface area contributed by atoms with Crippen molar-refractivity contribution in [2.45, 2.75) is 19.4 Å². The molecule has 1 saturated carbocycles. The number of rotatable bonds is 5. The number of anilines is 1. The summed E-state index contributed by atoms with van der Waals surface area (Å²) in [7, 11) is 0. The molecule has 0 unspecified atom stereocenters. The molecule has 2 aromatic rings. The summed E-state index contributed by atoms with van der Waals surface area (Å²) in [6.45, 7) is 0.476. The number of carbonyl (C=O) groups is 2. The first-order chi connectivity index (χ1) is 11.1. The molecular formula is C18H18N2O3. The summed E-state index contributed by atoms with van der Waals surface area (Å²) in [4.78, 5) is 23.7. The van der Waals surface area contributed by atoms with Gasteiger partial charge in [0.2, 0.25) is 5.91 Å². The van der Waals surface area contributed by atoms with E-state index < -0.39 is 0 Å². The molecule has 0 bridgehead atoms. The fourth-order valence-corrected chi connectivity index (χ4v) is 2.24. The third kappa shape index (κ3) is 4.10. The maximum atomic E-state index is 12.1. The zero-order valence-corrected chi connectivity index (χ0v) is 12.6. The van der Waals surface area contributed by atoms with E-state index in [1.807, 2.05) is 12.1 Å². The number of amides is 2. The lowest BCUT2D eigenvalue weighted by molar-refractivity contribution is -0.122. The number of aromatic hydroxyl groups is 1. The third-order valence-corrected chi connectivity index (χ3v) is 3.74. The second kappa shape index (κ2) is 6.52. The van der Waals surface area contributed by atoms with Crippen molar-refractivity contribution in [1.82, 2.24) is 5.32 Å². The Bertz CT molecular complexity index is 721. The Morgan fingerprint density at radius 1 is 1.09 bits per heavy atom. The van der Waals surface area contributed by atoms with Crippen molar-refractivity contribution in [1.29, 1.82) is 0 Å². The summed E-state index contributed by atoms with van der Waals surface area (Å²) in [6.07, 6.45) is 1.97. The molecule has 118 valence electrons. The summed E-state index contributed by atoms with van der Waals surface area (Å²) in [5.74, 6) is 0.159. The molecule has 0 aromatic heterocycles. The van der Waals surface area contributed by atoms with Crippen molar-refractivity contribution in [3.63, 3.8) is 0 Å². The topological polar surface area (TPSA) is 78.4 Å². The van der Waals surface area contributed by atoms with Gasteiger partial charge >= 0.3 is 0 Å². The maximum absolute atomic E-state index is 12.1. The Kier molecular flexibility index (Phi) is 4.28. The summed E-state index contributed by atoms with van der Waals surface area (Å²) >= 11 is 0. The second-order valence-electron chi connectivity index (χ2n) is 5.69. The normalized spacial score (nSPS) is 13.4. The van der Waals surface area contributed by atoms with Crippen LogP contribution in [-0.4, -0.2) is 16.9 Å². The van der Waals surface area contributed by atoms with Crippen LogP contribution in [0.15, 0.2) is 48.5 Å². The van der Waals surface area contributed by atoms with E-state index in [0.717, 1.165) is 18.4 Å². The lowest BCUT2D eigenvalue weighted by atomic mass is 10.1. The predicted octanol–water partition coefficient (Wildman–Crippen LogP) is 2.67. The van der Waals surface area contributed by atoms with Crippen molar-refractivity contribution in [3.05, 3.63) is 59.7 Å². The lowest BCUT2D eigenvalue weighted by Crippen LogP contribution is -2.24. The molecule has 5 nitrogen and oxygen atoms in total. The Morgan fingerprint density at radius 3 is 2.48 bits per heavy atom. The van der Waals surface area contributed by atoms with Crippen molar-refractivity contribution < 1.29 is 14.7 Å². The zero-order chi connectivity index (χ0) is 16.2. The molecule has 0 saturated heterocycles. The van der Waals surface area contributed by atoms with Gasteiger partial charge in [0.1, 0.15) is 5.75 Å². The van der Waals surface area contributed by atoms with E-state index in [0.29, 0.717) is 17.8 Å². The SMILES string of the molecule is O=C(Nc1cccc(O)c1)c1ccc(CNC(=O)C2CC2)cc1. The van der Waals surface area contributed by atoms with Gasteiger partial charge in [0.25, 0.3) is 5.91 Å². The molecule has 5 heteroatoms. The van der Waals surface area contributed by atoms with Gasteiger partial charge in [-0.15, -0.1) is 0 Å². The fraction of sp³-hybridized carbons (Fsp3) is 0.222. The zero-order valence-electron chi connectivity index (χ0n) is 12.6. The molecule has 1 aliphatic carbocycles. The molecular weight excluding hydrogens is 292 g/mol. The van der Waals surface area contributed by atoms with Crippen LogP contribution in [0, 0.1) is 5.92 Å². The third-order valence-electron chi connectivity index (χ3n) is 3.74. The molecule has 0 heterocycles. The highest BCUT2D eigenvalue weighted by Crippen LogP contribution is 2.28. The second-order valence-corrected chi connectivity index (χ2v) is 5.69. The molecule has 0 aliphatic heterocycles. The minimum Gasteiger partial charge on any atom is -0.508 e. The molecule has 0 spiro atoms. The van der Waals surface area contributed by atoms with Crippen LogP contribution < -0.4 is 10.6 Å². The quantitative estimate of drug-likeness (QED) is 0.794. The first-order valence-corrected chi connectivity index (χ1v) is 7.59. The monoisotopic (exact) mass is 310 g/mol. The van der Waals surface area contributed by atoms with E-state index in [1.54, 1.807) is 30.3 Å². The smallest absolute Gasteiger partial charge is 0.255 e. The fourth-order valence-electron chi connectivity index (χ4n) is 2.24. The van der Waals surface area contributed by atoms with Gasteiger partial charge < -0.3 is 15.7 Å². The first-order valence-electron chi connectivity index (χ1n) is 7.59. The maximum Gasteiger partial charge on any atom is 0.255 e. The first kappa shape index (κ1) is 15.1.